The zero-order valence-electron chi connectivity index (χ0n) is 7.37. The predicted molar refractivity (Wildman–Crippen MR) is 51.8 cm³/mol. The Morgan fingerprint density at radius 2 is 2.46 bits per heavy atom. The number of rotatable bonds is 4. The van der Waals surface area contributed by atoms with E-state index in [-0.39, 0.29) is 6.10 Å². The number of hydrogen-bond acceptors (Lipinski definition) is 4. The van der Waals surface area contributed by atoms with Crippen molar-refractivity contribution in [1.29, 1.82) is 0 Å². The molecule has 0 spiro atoms. The van der Waals surface area contributed by atoms with E-state index in [1.807, 2.05) is 0 Å². The van der Waals surface area contributed by atoms with Crippen LogP contribution < -0.4 is 5.32 Å². The molecule has 13 heavy (non-hydrogen) atoms. The van der Waals surface area contributed by atoms with Crippen molar-refractivity contribution in [3.8, 4) is 0 Å². The van der Waals surface area contributed by atoms with Gasteiger partial charge in [-0.15, -0.1) is 0 Å². The Kier molecular flexibility index (Phi) is 3.92. The molecule has 1 aromatic heterocycles. The van der Waals surface area contributed by atoms with Crippen molar-refractivity contribution in [2.75, 3.05) is 11.9 Å². The van der Waals surface area contributed by atoms with Gasteiger partial charge >= 0.3 is 0 Å². The standard InChI is InChI=1S/C8H12ClN3O/c1-6(13)2-3-11-8-7(9)4-10-5-12-8/h4-6,13H,2-3H2,1H3,(H,10,11,12)/t6-/m0/s1. The van der Waals surface area contributed by atoms with Crippen LogP contribution in [0.25, 0.3) is 0 Å². The molecule has 1 rings (SSSR count). The highest BCUT2D eigenvalue weighted by atomic mass is 35.5. The minimum atomic E-state index is -0.312. The topological polar surface area (TPSA) is 58.0 Å². The summed E-state index contributed by atoms with van der Waals surface area (Å²) in [6.07, 6.45) is 3.31. The molecular weight excluding hydrogens is 190 g/mol. The van der Waals surface area contributed by atoms with Gasteiger partial charge in [-0.1, -0.05) is 11.6 Å². The van der Waals surface area contributed by atoms with Crippen LogP contribution in [0.5, 0.6) is 0 Å². The smallest absolute Gasteiger partial charge is 0.148 e. The van der Waals surface area contributed by atoms with Crippen molar-refractivity contribution < 1.29 is 5.11 Å². The first kappa shape index (κ1) is 10.2. The first-order valence-corrected chi connectivity index (χ1v) is 4.45. The van der Waals surface area contributed by atoms with Crippen LogP contribution in [0.3, 0.4) is 0 Å². The highest BCUT2D eigenvalue weighted by molar-refractivity contribution is 6.32. The predicted octanol–water partition coefficient (Wildman–Crippen LogP) is 1.31. The molecule has 2 N–H and O–H groups in total. The van der Waals surface area contributed by atoms with E-state index in [1.54, 1.807) is 6.92 Å². The van der Waals surface area contributed by atoms with E-state index in [1.165, 1.54) is 12.5 Å². The van der Waals surface area contributed by atoms with Crippen LogP contribution in [-0.2, 0) is 0 Å². The number of aliphatic hydroxyl groups excluding tert-OH is 1. The third-order valence-corrected chi connectivity index (χ3v) is 1.80. The second-order valence-corrected chi connectivity index (χ2v) is 3.19. The van der Waals surface area contributed by atoms with Crippen LogP contribution in [0.15, 0.2) is 12.5 Å². The Balaban J connectivity index is 2.41. The van der Waals surface area contributed by atoms with Crippen LogP contribution in [0, 0.1) is 0 Å². The quantitative estimate of drug-likeness (QED) is 0.772. The Morgan fingerprint density at radius 3 is 3.08 bits per heavy atom. The number of aromatic nitrogens is 2. The summed E-state index contributed by atoms with van der Waals surface area (Å²) >= 11 is 5.79. The summed E-state index contributed by atoms with van der Waals surface area (Å²) in [5.74, 6) is 0.609. The van der Waals surface area contributed by atoms with Gasteiger partial charge < -0.3 is 10.4 Å². The lowest BCUT2D eigenvalue weighted by Gasteiger charge is -2.07. The van der Waals surface area contributed by atoms with Crippen LogP contribution >= 0.6 is 11.6 Å². The van der Waals surface area contributed by atoms with E-state index in [0.717, 1.165) is 0 Å². The maximum Gasteiger partial charge on any atom is 0.148 e. The molecule has 4 nitrogen and oxygen atoms in total. The van der Waals surface area contributed by atoms with Gasteiger partial charge in [0.1, 0.15) is 17.2 Å². The van der Waals surface area contributed by atoms with Gasteiger partial charge in [-0.2, -0.15) is 0 Å². The van der Waals surface area contributed by atoms with Crippen LogP contribution in [0.2, 0.25) is 5.02 Å². The zero-order valence-corrected chi connectivity index (χ0v) is 8.12. The van der Waals surface area contributed by atoms with Crippen molar-refractivity contribution >= 4 is 17.4 Å². The van der Waals surface area contributed by atoms with E-state index in [2.05, 4.69) is 15.3 Å². The normalized spacial score (nSPS) is 12.5. The summed E-state index contributed by atoms with van der Waals surface area (Å²) in [7, 11) is 0. The van der Waals surface area contributed by atoms with Gasteiger partial charge in [-0.05, 0) is 13.3 Å². The molecule has 72 valence electrons. The number of hydrogen-bond donors (Lipinski definition) is 2. The summed E-state index contributed by atoms with van der Waals surface area (Å²) in [5.41, 5.74) is 0. The van der Waals surface area contributed by atoms with E-state index in [9.17, 15) is 0 Å². The molecule has 5 heteroatoms. The average Bonchev–Trinajstić information content (AvgIpc) is 2.08. The largest absolute Gasteiger partial charge is 0.393 e. The van der Waals surface area contributed by atoms with Crippen LogP contribution in [-0.4, -0.2) is 27.7 Å². The Morgan fingerprint density at radius 1 is 1.69 bits per heavy atom. The lowest BCUT2D eigenvalue weighted by atomic mass is 10.3. The monoisotopic (exact) mass is 201 g/mol. The van der Waals surface area contributed by atoms with Gasteiger partial charge in [0.15, 0.2) is 0 Å². The zero-order chi connectivity index (χ0) is 9.68. The molecule has 0 aliphatic carbocycles. The van der Waals surface area contributed by atoms with Crippen LogP contribution in [0.1, 0.15) is 13.3 Å². The molecule has 0 fully saturated rings. The fourth-order valence-corrected chi connectivity index (χ4v) is 1.01. The second kappa shape index (κ2) is 4.99. The number of nitrogens with zero attached hydrogens (tertiary/aromatic N) is 2. The number of anilines is 1. The van der Waals surface area contributed by atoms with Crippen molar-refractivity contribution in [2.24, 2.45) is 0 Å². The third kappa shape index (κ3) is 3.57. The fraction of sp³-hybridized carbons (Fsp3) is 0.500. The molecule has 1 atom stereocenters. The third-order valence-electron chi connectivity index (χ3n) is 1.52. The van der Waals surface area contributed by atoms with Crippen molar-refractivity contribution in [3.63, 3.8) is 0 Å². The van der Waals surface area contributed by atoms with Crippen LogP contribution in [0.4, 0.5) is 5.82 Å². The van der Waals surface area contributed by atoms with Gasteiger partial charge in [0.25, 0.3) is 0 Å². The first-order valence-electron chi connectivity index (χ1n) is 4.07. The van der Waals surface area contributed by atoms with Crippen molar-refractivity contribution in [2.45, 2.75) is 19.4 Å². The van der Waals surface area contributed by atoms with Gasteiger partial charge in [0, 0.05) is 6.54 Å². The van der Waals surface area contributed by atoms with E-state index < -0.39 is 0 Å². The summed E-state index contributed by atoms with van der Waals surface area (Å²) in [6, 6.07) is 0. The van der Waals surface area contributed by atoms with E-state index >= 15 is 0 Å². The summed E-state index contributed by atoms with van der Waals surface area (Å²) in [6.45, 7) is 2.39. The van der Waals surface area contributed by atoms with Gasteiger partial charge in [-0.3, -0.25) is 0 Å². The van der Waals surface area contributed by atoms with Crippen molar-refractivity contribution in [1.82, 2.24) is 9.97 Å². The highest BCUT2D eigenvalue weighted by Crippen LogP contribution is 2.15. The molecular formula is C8H12ClN3O. The highest BCUT2D eigenvalue weighted by Gasteiger charge is 2.00. The molecule has 0 bridgehead atoms. The lowest BCUT2D eigenvalue weighted by molar-refractivity contribution is 0.188. The molecule has 0 aliphatic heterocycles. The maximum absolute atomic E-state index is 8.99. The molecule has 1 aromatic rings. The Labute approximate surface area is 82.0 Å². The summed E-state index contributed by atoms with van der Waals surface area (Å²) in [5, 5.41) is 12.5. The second-order valence-electron chi connectivity index (χ2n) is 2.78. The van der Waals surface area contributed by atoms with E-state index in [4.69, 9.17) is 16.7 Å². The first-order chi connectivity index (χ1) is 6.20. The molecule has 0 saturated carbocycles. The van der Waals surface area contributed by atoms with Gasteiger partial charge in [0.2, 0.25) is 0 Å². The van der Waals surface area contributed by atoms with Crippen molar-refractivity contribution in [3.05, 3.63) is 17.5 Å². The molecule has 0 unspecified atom stereocenters. The lowest BCUT2D eigenvalue weighted by Crippen LogP contribution is -2.10. The van der Waals surface area contributed by atoms with Gasteiger partial charge in [0.05, 0.1) is 12.3 Å². The Bertz CT molecular complexity index is 267. The van der Waals surface area contributed by atoms with Gasteiger partial charge in [-0.25, -0.2) is 9.97 Å². The Hall–Kier alpha value is -0.870. The molecule has 0 radical (unpaired) electrons. The SMILES string of the molecule is C[C@H](O)CCNc1ncncc1Cl. The summed E-state index contributed by atoms with van der Waals surface area (Å²) in [4.78, 5) is 7.69. The number of halogens is 1. The van der Waals surface area contributed by atoms with E-state index in [0.29, 0.717) is 23.8 Å². The molecule has 0 aromatic carbocycles. The molecule has 1 heterocycles. The summed E-state index contributed by atoms with van der Waals surface area (Å²) < 4.78 is 0. The molecule has 0 aliphatic rings. The molecule has 0 amide bonds. The minimum absolute atomic E-state index is 0.312. The average molecular weight is 202 g/mol. The number of nitrogens with one attached hydrogen (secondary N) is 1. The molecule has 0 saturated heterocycles. The minimum Gasteiger partial charge on any atom is -0.393 e. The number of aliphatic hydroxyl groups is 1. The maximum atomic E-state index is 8.99. The fourth-order valence-electron chi connectivity index (χ4n) is 0.842.